The molecular weight excluding hydrogens is 134 g/mol. The van der Waals surface area contributed by atoms with Crippen molar-refractivity contribution in [1.82, 2.24) is 5.32 Å². The third-order valence-corrected chi connectivity index (χ3v) is 2.53. The number of nitrogens with one attached hydrogen (secondary N) is 1. The zero-order valence-corrected chi connectivity index (χ0v) is 7.49. The van der Waals surface area contributed by atoms with E-state index in [4.69, 9.17) is 0 Å². The summed E-state index contributed by atoms with van der Waals surface area (Å²) in [7, 11) is 0. The molecule has 0 fully saturated rings. The predicted molar refractivity (Wildman–Crippen MR) is 49.0 cm³/mol. The Labute approximate surface area is 68.5 Å². The zero-order valence-electron chi connectivity index (χ0n) is 7.49. The van der Waals surface area contributed by atoms with Crippen LogP contribution >= 0.6 is 0 Å². The summed E-state index contributed by atoms with van der Waals surface area (Å²) in [6.07, 6.45) is 0. The molecule has 1 nitrogen and oxygen atoms in total. The maximum Gasteiger partial charge on any atom is 0.0338 e. The highest BCUT2D eigenvalue weighted by Crippen LogP contribution is 2.27. The van der Waals surface area contributed by atoms with Crippen molar-refractivity contribution in [3.63, 3.8) is 0 Å². The zero-order chi connectivity index (χ0) is 8.59. The van der Waals surface area contributed by atoms with Crippen LogP contribution in [0, 0.1) is 5.92 Å². The minimum absolute atomic E-state index is 0.445. The molecular formula is C10H15N. The van der Waals surface area contributed by atoms with Gasteiger partial charge in [-0.25, -0.2) is 0 Å². The average molecular weight is 149 g/mol. The molecule has 0 radical (unpaired) electrons. The second-order valence-corrected chi connectivity index (χ2v) is 3.16. The molecule has 1 heteroatoms. The van der Waals surface area contributed by atoms with E-state index in [9.17, 15) is 0 Å². The molecule has 1 rings (SSSR count). The van der Waals surface area contributed by atoms with Gasteiger partial charge in [-0.05, 0) is 19.4 Å². The molecule has 1 heterocycles. The summed E-state index contributed by atoms with van der Waals surface area (Å²) < 4.78 is 0. The van der Waals surface area contributed by atoms with Crippen LogP contribution in [0.2, 0.25) is 0 Å². The normalized spacial score (nSPS) is 25.5. The molecule has 0 amide bonds. The fraction of sp³-hybridized carbons (Fsp3) is 0.400. The van der Waals surface area contributed by atoms with Gasteiger partial charge in [-0.3, -0.25) is 0 Å². The number of hydrogen-bond donors (Lipinski definition) is 1. The Morgan fingerprint density at radius 1 is 1.27 bits per heavy atom. The van der Waals surface area contributed by atoms with Crippen molar-refractivity contribution in [1.29, 1.82) is 0 Å². The van der Waals surface area contributed by atoms with Crippen molar-refractivity contribution >= 4 is 0 Å². The monoisotopic (exact) mass is 149 g/mol. The van der Waals surface area contributed by atoms with Crippen molar-refractivity contribution in [2.75, 3.05) is 0 Å². The molecule has 0 saturated heterocycles. The molecule has 11 heavy (non-hydrogen) atoms. The topological polar surface area (TPSA) is 12.0 Å². The predicted octanol–water partition coefficient (Wildman–Crippen LogP) is 2.59. The van der Waals surface area contributed by atoms with Crippen molar-refractivity contribution in [2.45, 2.75) is 20.8 Å². The molecule has 1 atom stereocenters. The molecule has 0 saturated carbocycles. The minimum atomic E-state index is 0.445. The van der Waals surface area contributed by atoms with Gasteiger partial charge in [0.25, 0.3) is 0 Å². The number of allylic oxidation sites excluding steroid dienone is 2. The SMILES string of the molecule is C=C1NC(=C)C(C)C(C)=C1C. The molecule has 60 valence electrons. The molecule has 0 spiro atoms. The molecule has 1 aliphatic heterocycles. The summed E-state index contributed by atoms with van der Waals surface area (Å²) in [5.41, 5.74) is 4.69. The Morgan fingerprint density at radius 2 is 1.82 bits per heavy atom. The summed E-state index contributed by atoms with van der Waals surface area (Å²) in [6, 6.07) is 0. The average Bonchev–Trinajstić information content (AvgIpc) is 1.97. The second kappa shape index (κ2) is 2.57. The first kappa shape index (κ1) is 8.12. The third kappa shape index (κ3) is 1.23. The maximum atomic E-state index is 3.92. The molecule has 0 aliphatic carbocycles. The quantitative estimate of drug-likeness (QED) is 0.558. The van der Waals surface area contributed by atoms with Gasteiger partial charge in [0.1, 0.15) is 0 Å². The Kier molecular flexibility index (Phi) is 1.90. The summed E-state index contributed by atoms with van der Waals surface area (Å²) in [5.74, 6) is 0.445. The van der Waals surface area contributed by atoms with E-state index in [2.05, 4.69) is 39.2 Å². The lowest BCUT2D eigenvalue weighted by atomic mass is 9.90. The smallest absolute Gasteiger partial charge is 0.0338 e. The highest BCUT2D eigenvalue weighted by atomic mass is 14.9. The second-order valence-electron chi connectivity index (χ2n) is 3.16. The van der Waals surface area contributed by atoms with Crippen LogP contribution in [0.1, 0.15) is 20.8 Å². The van der Waals surface area contributed by atoms with E-state index in [1.54, 1.807) is 0 Å². The van der Waals surface area contributed by atoms with E-state index >= 15 is 0 Å². The van der Waals surface area contributed by atoms with Gasteiger partial charge >= 0.3 is 0 Å². The molecule has 1 aliphatic rings. The van der Waals surface area contributed by atoms with Crippen LogP contribution < -0.4 is 5.32 Å². The van der Waals surface area contributed by atoms with Gasteiger partial charge in [0.15, 0.2) is 0 Å². The fourth-order valence-corrected chi connectivity index (χ4v) is 1.22. The number of rotatable bonds is 0. The van der Waals surface area contributed by atoms with Gasteiger partial charge in [-0.15, -0.1) is 0 Å². The summed E-state index contributed by atoms with van der Waals surface area (Å²) in [6.45, 7) is 14.2. The van der Waals surface area contributed by atoms with Gasteiger partial charge < -0.3 is 5.32 Å². The Hall–Kier alpha value is -0.980. The molecule has 0 bridgehead atoms. The molecule has 0 aromatic heterocycles. The maximum absolute atomic E-state index is 3.92. The standard InChI is InChI=1S/C10H15N/c1-6-7(2)9(4)11-10(5)8(6)3/h7,11H,4-5H2,1-3H3. The van der Waals surface area contributed by atoms with Crippen molar-refractivity contribution in [2.24, 2.45) is 5.92 Å². The van der Waals surface area contributed by atoms with Gasteiger partial charge in [0.2, 0.25) is 0 Å². The first-order valence-corrected chi connectivity index (χ1v) is 3.86. The van der Waals surface area contributed by atoms with E-state index in [0.29, 0.717) is 5.92 Å². The van der Waals surface area contributed by atoms with Crippen LogP contribution in [-0.4, -0.2) is 0 Å². The van der Waals surface area contributed by atoms with Crippen LogP contribution in [-0.2, 0) is 0 Å². The van der Waals surface area contributed by atoms with Crippen LogP contribution in [0.4, 0.5) is 0 Å². The lowest BCUT2D eigenvalue weighted by Gasteiger charge is -2.27. The fourth-order valence-electron chi connectivity index (χ4n) is 1.22. The van der Waals surface area contributed by atoms with Crippen molar-refractivity contribution in [3.8, 4) is 0 Å². The van der Waals surface area contributed by atoms with E-state index in [1.807, 2.05) is 0 Å². The highest BCUT2D eigenvalue weighted by molar-refractivity contribution is 5.39. The van der Waals surface area contributed by atoms with Gasteiger partial charge in [0.05, 0.1) is 0 Å². The van der Waals surface area contributed by atoms with Crippen LogP contribution in [0.3, 0.4) is 0 Å². The van der Waals surface area contributed by atoms with Crippen molar-refractivity contribution in [3.05, 3.63) is 35.7 Å². The summed E-state index contributed by atoms with van der Waals surface area (Å²) >= 11 is 0. The summed E-state index contributed by atoms with van der Waals surface area (Å²) in [5, 5.41) is 3.16. The number of hydrogen-bond acceptors (Lipinski definition) is 1. The third-order valence-electron chi connectivity index (χ3n) is 2.53. The Balaban J connectivity index is 3.08. The molecule has 1 N–H and O–H groups in total. The van der Waals surface area contributed by atoms with Crippen LogP contribution in [0.5, 0.6) is 0 Å². The van der Waals surface area contributed by atoms with Gasteiger partial charge in [0, 0.05) is 17.3 Å². The van der Waals surface area contributed by atoms with Gasteiger partial charge in [-0.1, -0.05) is 25.7 Å². The molecule has 0 aromatic rings. The van der Waals surface area contributed by atoms with Crippen LogP contribution in [0.25, 0.3) is 0 Å². The lowest BCUT2D eigenvalue weighted by Crippen LogP contribution is -2.24. The van der Waals surface area contributed by atoms with Crippen LogP contribution in [0.15, 0.2) is 35.7 Å². The van der Waals surface area contributed by atoms with Crippen molar-refractivity contribution < 1.29 is 0 Å². The van der Waals surface area contributed by atoms with E-state index in [1.165, 1.54) is 11.1 Å². The van der Waals surface area contributed by atoms with Gasteiger partial charge in [-0.2, -0.15) is 0 Å². The molecule has 1 unspecified atom stereocenters. The Morgan fingerprint density at radius 3 is 2.36 bits per heavy atom. The first-order chi connectivity index (χ1) is 5.04. The van der Waals surface area contributed by atoms with E-state index < -0.39 is 0 Å². The lowest BCUT2D eigenvalue weighted by molar-refractivity contribution is 0.692. The summed E-state index contributed by atoms with van der Waals surface area (Å²) in [4.78, 5) is 0. The minimum Gasteiger partial charge on any atom is -0.359 e. The largest absolute Gasteiger partial charge is 0.359 e. The highest BCUT2D eigenvalue weighted by Gasteiger charge is 2.18. The van der Waals surface area contributed by atoms with E-state index in [0.717, 1.165) is 11.4 Å². The first-order valence-electron chi connectivity index (χ1n) is 3.86. The Bertz CT molecular complexity index is 246. The molecule has 0 aromatic carbocycles. The van der Waals surface area contributed by atoms with E-state index in [-0.39, 0.29) is 0 Å².